The number of para-hydroxylation sites is 1. The van der Waals surface area contributed by atoms with E-state index in [4.69, 9.17) is 21.1 Å². The van der Waals surface area contributed by atoms with Crippen molar-refractivity contribution in [2.45, 2.75) is 32.4 Å². The molecule has 29 heavy (non-hydrogen) atoms. The zero-order valence-electron chi connectivity index (χ0n) is 16.5. The lowest BCUT2D eigenvalue weighted by Gasteiger charge is -2.18. The number of aromatic amines is 1. The first-order valence-corrected chi connectivity index (χ1v) is 9.91. The Kier molecular flexibility index (Phi) is 7.01. The first-order valence-electron chi connectivity index (χ1n) is 9.53. The van der Waals surface area contributed by atoms with Crippen molar-refractivity contribution in [1.82, 2.24) is 10.3 Å². The van der Waals surface area contributed by atoms with E-state index in [2.05, 4.69) is 10.3 Å². The highest BCUT2D eigenvalue weighted by Gasteiger charge is 2.21. The number of methoxy groups -OCH3 is 1. The zero-order valence-corrected chi connectivity index (χ0v) is 17.3. The quantitative estimate of drug-likeness (QED) is 0.456. The lowest BCUT2D eigenvalue weighted by molar-refractivity contribution is -0.139. The van der Waals surface area contributed by atoms with Crippen molar-refractivity contribution in [1.29, 1.82) is 0 Å². The molecule has 0 amide bonds. The number of fused-ring (bicyclic) bond motifs is 1. The van der Waals surface area contributed by atoms with Crippen LogP contribution in [0, 0.1) is 0 Å². The fourth-order valence-corrected chi connectivity index (χ4v) is 3.50. The molecule has 0 aliphatic carbocycles. The van der Waals surface area contributed by atoms with Crippen LogP contribution in [0.25, 0.3) is 10.9 Å². The number of carboxylic acids is 1. The van der Waals surface area contributed by atoms with Gasteiger partial charge in [0.15, 0.2) is 11.5 Å². The van der Waals surface area contributed by atoms with Crippen molar-refractivity contribution in [2.75, 3.05) is 13.7 Å². The molecule has 1 heterocycles. The SMILES string of the molecule is CCCOc1c(CNC(Cc2c[nH]c3ccccc23)C(=O)O)cc(Cl)cc1OC. The number of rotatable bonds is 10. The van der Waals surface area contributed by atoms with Crippen LogP contribution in [-0.2, 0) is 17.8 Å². The summed E-state index contributed by atoms with van der Waals surface area (Å²) >= 11 is 6.21. The van der Waals surface area contributed by atoms with E-state index in [-0.39, 0.29) is 6.54 Å². The van der Waals surface area contributed by atoms with Crippen LogP contribution in [0.2, 0.25) is 5.02 Å². The smallest absolute Gasteiger partial charge is 0.321 e. The van der Waals surface area contributed by atoms with E-state index >= 15 is 0 Å². The summed E-state index contributed by atoms with van der Waals surface area (Å²) in [6.45, 7) is 2.83. The van der Waals surface area contributed by atoms with Gasteiger partial charge in [0, 0.05) is 46.7 Å². The summed E-state index contributed by atoms with van der Waals surface area (Å²) in [6, 6.07) is 10.5. The molecule has 0 bridgehead atoms. The van der Waals surface area contributed by atoms with E-state index in [0.717, 1.165) is 28.5 Å². The average Bonchev–Trinajstić information content (AvgIpc) is 3.12. The van der Waals surface area contributed by atoms with Gasteiger partial charge in [0.25, 0.3) is 0 Å². The zero-order chi connectivity index (χ0) is 20.8. The van der Waals surface area contributed by atoms with Crippen LogP contribution >= 0.6 is 11.6 Å². The summed E-state index contributed by atoms with van der Waals surface area (Å²) in [5.74, 6) is 0.203. The second-order valence-electron chi connectivity index (χ2n) is 6.78. The van der Waals surface area contributed by atoms with Gasteiger partial charge in [-0.05, 0) is 24.1 Å². The van der Waals surface area contributed by atoms with Crippen molar-refractivity contribution in [3.8, 4) is 11.5 Å². The molecule has 1 aromatic heterocycles. The van der Waals surface area contributed by atoms with Crippen LogP contribution in [-0.4, -0.2) is 35.8 Å². The molecule has 1 unspecified atom stereocenters. The van der Waals surface area contributed by atoms with Crippen molar-refractivity contribution in [2.24, 2.45) is 0 Å². The Morgan fingerprint density at radius 1 is 1.28 bits per heavy atom. The monoisotopic (exact) mass is 416 g/mol. The van der Waals surface area contributed by atoms with Crippen LogP contribution in [0.5, 0.6) is 11.5 Å². The van der Waals surface area contributed by atoms with Gasteiger partial charge in [-0.1, -0.05) is 36.7 Å². The third kappa shape index (κ3) is 5.02. The topological polar surface area (TPSA) is 83.6 Å². The molecule has 7 heteroatoms. The van der Waals surface area contributed by atoms with Gasteiger partial charge in [-0.2, -0.15) is 0 Å². The normalized spacial score (nSPS) is 12.1. The van der Waals surface area contributed by atoms with E-state index in [1.54, 1.807) is 19.2 Å². The van der Waals surface area contributed by atoms with Gasteiger partial charge in [0.1, 0.15) is 6.04 Å². The summed E-state index contributed by atoms with van der Waals surface area (Å²) in [5.41, 5.74) is 2.70. The Morgan fingerprint density at radius 2 is 2.07 bits per heavy atom. The summed E-state index contributed by atoms with van der Waals surface area (Å²) in [5, 5.41) is 14.4. The number of carbonyl (C=O) groups is 1. The molecule has 0 radical (unpaired) electrons. The largest absolute Gasteiger partial charge is 0.493 e. The van der Waals surface area contributed by atoms with Crippen molar-refractivity contribution in [3.63, 3.8) is 0 Å². The highest BCUT2D eigenvalue weighted by Crippen LogP contribution is 2.35. The third-order valence-electron chi connectivity index (χ3n) is 4.70. The summed E-state index contributed by atoms with van der Waals surface area (Å²) in [7, 11) is 1.55. The maximum Gasteiger partial charge on any atom is 0.321 e. The van der Waals surface area contributed by atoms with Gasteiger partial charge in [0.05, 0.1) is 13.7 Å². The van der Waals surface area contributed by atoms with Gasteiger partial charge in [0.2, 0.25) is 0 Å². The molecular weight excluding hydrogens is 392 g/mol. The molecule has 2 aromatic carbocycles. The minimum atomic E-state index is -0.916. The predicted octanol–water partition coefficient (Wildman–Crippen LogP) is 4.40. The fourth-order valence-electron chi connectivity index (χ4n) is 3.27. The molecule has 3 rings (SSSR count). The molecule has 154 valence electrons. The van der Waals surface area contributed by atoms with Gasteiger partial charge < -0.3 is 19.6 Å². The van der Waals surface area contributed by atoms with Crippen molar-refractivity contribution >= 4 is 28.5 Å². The molecule has 0 saturated heterocycles. The molecule has 0 aliphatic rings. The maximum atomic E-state index is 11.9. The molecule has 3 N–H and O–H groups in total. The lowest BCUT2D eigenvalue weighted by atomic mass is 10.0. The maximum absolute atomic E-state index is 11.9. The summed E-state index contributed by atoms with van der Waals surface area (Å²) < 4.78 is 11.2. The van der Waals surface area contributed by atoms with E-state index in [1.165, 1.54) is 0 Å². The number of aliphatic carboxylic acids is 1. The standard InChI is InChI=1S/C22H25ClN2O4/c1-3-8-29-21-15(9-16(23)11-20(21)28-2)13-25-19(22(26)27)10-14-12-24-18-7-5-4-6-17(14)18/h4-7,9,11-12,19,24-25H,3,8,10,13H2,1-2H3,(H,26,27). The second-order valence-corrected chi connectivity index (χ2v) is 7.22. The number of carboxylic acid groups (broad SMARTS) is 1. The van der Waals surface area contributed by atoms with E-state index in [9.17, 15) is 9.90 Å². The van der Waals surface area contributed by atoms with Crippen LogP contribution < -0.4 is 14.8 Å². The van der Waals surface area contributed by atoms with Crippen LogP contribution in [0.15, 0.2) is 42.6 Å². The van der Waals surface area contributed by atoms with E-state index in [0.29, 0.717) is 29.5 Å². The Morgan fingerprint density at radius 3 is 2.79 bits per heavy atom. The molecule has 6 nitrogen and oxygen atoms in total. The number of hydrogen-bond donors (Lipinski definition) is 3. The van der Waals surface area contributed by atoms with Crippen LogP contribution in [0.1, 0.15) is 24.5 Å². The average molecular weight is 417 g/mol. The molecule has 0 spiro atoms. The Bertz CT molecular complexity index is 986. The fraction of sp³-hybridized carbons (Fsp3) is 0.318. The first-order chi connectivity index (χ1) is 14.0. The van der Waals surface area contributed by atoms with E-state index < -0.39 is 12.0 Å². The predicted molar refractivity (Wildman–Crippen MR) is 114 cm³/mol. The summed E-state index contributed by atoms with van der Waals surface area (Å²) in [6.07, 6.45) is 3.06. The molecular formula is C22H25ClN2O4. The number of hydrogen-bond acceptors (Lipinski definition) is 4. The number of benzene rings is 2. The number of aromatic nitrogens is 1. The van der Waals surface area contributed by atoms with E-state index in [1.807, 2.05) is 37.4 Å². The Hall–Kier alpha value is -2.70. The molecule has 0 saturated carbocycles. The Balaban J connectivity index is 1.80. The minimum Gasteiger partial charge on any atom is -0.493 e. The van der Waals surface area contributed by atoms with Crippen molar-refractivity contribution < 1.29 is 19.4 Å². The number of halogens is 1. The third-order valence-corrected chi connectivity index (χ3v) is 4.92. The van der Waals surface area contributed by atoms with Crippen molar-refractivity contribution in [3.05, 3.63) is 58.7 Å². The summed E-state index contributed by atoms with van der Waals surface area (Å²) in [4.78, 5) is 15.1. The van der Waals surface area contributed by atoms with Crippen LogP contribution in [0.3, 0.4) is 0 Å². The molecule has 0 aliphatic heterocycles. The number of H-pyrrole nitrogens is 1. The first kappa shape index (κ1) is 21.0. The molecule has 0 fully saturated rings. The molecule has 3 aromatic rings. The highest BCUT2D eigenvalue weighted by atomic mass is 35.5. The lowest BCUT2D eigenvalue weighted by Crippen LogP contribution is -2.38. The van der Waals surface area contributed by atoms with Gasteiger partial charge >= 0.3 is 5.97 Å². The minimum absolute atomic E-state index is 0.287. The molecule has 1 atom stereocenters. The second kappa shape index (κ2) is 9.67. The Labute approximate surface area is 174 Å². The van der Waals surface area contributed by atoms with Gasteiger partial charge in [-0.25, -0.2) is 0 Å². The van der Waals surface area contributed by atoms with Gasteiger partial charge in [-0.3, -0.25) is 10.1 Å². The van der Waals surface area contributed by atoms with Gasteiger partial charge in [-0.15, -0.1) is 0 Å². The highest BCUT2D eigenvalue weighted by molar-refractivity contribution is 6.30. The van der Waals surface area contributed by atoms with Crippen LogP contribution in [0.4, 0.5) is 0 Å². The number of ether oxygens (including phenoxy) is 2. The number of nitrogens with one attached hydrogen (secondary N) is 2.